The lowest BCUT2D eigenvalue weighted by Gasteiger charge is -2.09. The van der Waals surface area contributed by atoms with Crippen LogP contribution in [0.3, 0.4) is 0 Å². The highest BCUT2D eigenvalue weighted by Crippen LogP contribution is 2.27. The second-order valence-electron chi connectivity index (χ2n) is 3.98. The Balaban J connectivity index is 2.19. The number of benzene rings is 1. The summed E-state index contributed by atoms with van der Waals surface area (Å²) in [4.78, 5) is 30.1. The number of carbonyl (C=O) groups is 1. The second kappa shape index (κ2) is 6.39. The minimum Gasteiger partial charge on any atom is -0.346 e. The lowest BCUT2D eigenvalue weighted by molar-refractivity contribution is -0.384. The SMILES string of the molecule is NNc1c(C(=O)NCc2ccncn2)cccc1[N+](=O)[O-]. The van der Waals surface area contributed by atoms with E-state index in [9.17, 15) is 14.9 Å². The molecule has 4 N–H and O–H groups in total. The highest BCUT2D eigenvalue weighted by Gasteiger charge is 2.20. The van der Waals surface area contributed by atoms with Crippen LogP contribution < -0.4 is 16.6 Å². The molecule has 0 bridgehead atoms. The Morgan fingerprint density at radius 1 is 1.38 bits per heavy atom. The first kappa shape index (κ1) is 14.3. The van der Waals surface area contributed by atoms with E-state index < -0.39 is 10.8 Å². The number of hydrogen-bond acceptors (Lipinski definition) is 7. The number of nitro groups is 1. The molecule has 0 fully saturated rings. The largest absolute Gasteiger partial charge is 0.346 e. The molecule has 9 nitrogen and oxygen atoms in total. The maximum Gasteiger partial charge on any atom is 0.294 e. The number of anilines is 1. The summed E-state index contributed by atoms with van der Waals surface area (Å²) < 4.78 is 0. The topological polar surface area (TPSA) is 136 Å². The fourth-order valence-electron chi connectivity index (χ4n) is 1.72. The van der Waals surface area contributed by atoms with Crippen LogP contribution in [0.4, 0.5) is 11.4 Å². The van der Waals surface area contributed by atoms with Crippen molar-refractivity contribution >= 4 is 17.3 Å². The molecule has 0 radical (unpaired) electrons. The third kappa shape index (κ3) is 3.28. The summed E-state index contributed by atoms with van der Waals surface area (Å²) in [6, 6.07) is 5.77. The third-order valence-corrected chi connectivity index (χ3v) is 2.70. The molecule has 1 aromatic carbocycles. The zero-order chi connectivity index (χ0) is 15.2. The number of hydrazine groups is 1. The molecule has 9 heteroatoms. The maximum absolute atomic E-state index is 12.1. The minimum atomic E-state index is -0.615. The molecule has 0 spiro atoms. The van der Waals surface area contributed by atoms with E-state index in [1.54, 1.807) is 12.3 Å². The third-order valence-electron chi connectivity index (χ3n) is 2.70. The molecule has 0 aliphatic rings. The van der Waals surface area contributed by atoms with Gasteiger partial charge >= 0.3 is 0 Å². The Bertz CT molecular complexity index is 661. The Kier molecular flexibility index (Phi) is 4.36. The summed E-state index contributed by atoms with van der Waals surface area (Å²) in [7, 11) is 0. The van der Waals surface area contributed by atoms with Crippen LogP contribution in [-0.4, -0.2) is 20.8 Å². The Morgan fingerprint density at radius 3 is 2.81 bits per heavy atom. The molecule has 21 heavy (non-hydrogen) atoms. The van der Waals surface area contributed by atoms with Crippen molar-refractivity contribution in [3.05, 3.63) is 58.2 Å². The van der Waals surface area contributed by atoms with Gasteiger partial charge in [0.05, 0.1) is 22.7 Å². The van der Waals surface area contributed by atoms with Crippen LogP contribution in [0.15, 0.2) is 36.8 Å². The van der Waals surface area contributed by atoms with E-state index in [2.05, 4.69) is 20.7 Å². The van der Waals surface area contributed by atoms with Crippen molar-refractivity contribution in [3.8, 4) is 0 Å². The van der Waals surface area contributed by atoms with Crippen molar-refractivity contribution < 1.29 is 9.72 Å². The summed E-state index contributed by atoms with van der Waals surface area (Å²) >= 11 is 0. The lowest BCUT2D eigenvalue weighted by Crippen LogP contribution is -2.25. The average molecular weight is 288 g/mol. The first-order valence-electron chi connectivity index (χ1n) is 5.90. The molecule has 0 saturated heterocycles. The van der Waals surface area contributed by atoms with Gasteiger partial charge in [0.2, 0.25) is 0 Å². The second-order valence-corrected chi connectivity index (χ2v) is 3.98. The van der Waals surface area contributed by atoms with E-state index >= 15 is 0 Å². The Morgan fingerprint density at radius 2 is 2.19 bits per heavy atom. The molecule has 2 aromatic rings. The predicted molar refractivity (Wildman–Crippen MR) is 74.1 cm³/mol. The molecule has 0 atom stereocenters. The van der Waals surface area contributed by atoms with E-state index in [4.69, 9.17) is 5.84 Å². The van der Waals surface area contributed by atoms with Crippen LogP contribution in [0.2, 0.25) is 0 Å². The van der Waals surface area contributed by atoms with E-state index in [0.717, 1.165) is 0 Å². The van der Waals surface area contributed by atoms with Crippen LogP contribution >= 0.6 is 0 Å². The standard InChI is InChI=1S/C12H12N6O3/c13-17-11-9(2-1-3-10(11)18(20)21)12(19)15-6-8-4-5-14-7-16-8/h1-5,7,17H,6,13H2,(H,15,19). The lowest BCUT2D eigenvalue weighted by atomic mass is 10.1. The summed E-state index contributed by atoms with van der Waals surface area (Å²) in [5.41, 5.74) is 2.59. The number of nitro benzene ring substituents is 1. The number of aromatic nitrogens is 2. The number of para-hydroxylation sites is 1. The average Bonchev–Trinajstić information content (AvgIpc) is 2.52. The van der Waals surface area contributed by atoms with Gasteiger partial charge in [0.1, 0.15) is 12.0 Å². The molecule has 0 aliphatic carbocycles. The first-order valence-corrected chi connectivity index (χ1v) is 5.90. The number of nitrogens with two attached hydrogens (primary N) is 1. The summed E-state index contributed by atoms with van der Waals surface area (Å²) in [5.74, 6) is 4.78. The van der Waals surface area contributed by atoms with Gasteiger partial charge in [-0.05, 0) is 12.1 Å². The van der Waals surface area contributed by atoms with Gasteiger partial charge in [-0.2, -0.15) is 0 Å². The van der Waals surface area contributed by atoms with Crippen molar-refractivity contribution in [2.75, 3.05) is 5.43 Å². The number of hydrogen-bond donors (Lipinski definition) is 3. The van der Waals surface area contributed by atoms with Gasteiger partial charge < -0.3 is 10.7 Å². The van der Waals surface area contributed by atoms with Gasteiger partial charge in [-0.3, -0.25) is 20.8 Å². The van der Waals surface area contributed by atoms with Crippen LogP contribution in [0.1, 0.15) is 16.1 Å². The van der Waals surface area contributed by atoms with Gasteiger partial charge in [-0.15, -0.1) is 0 Å². The number of nitrogen functional groups attached to an aromatic ring is 1. The normalized spacial score (nSPS) is 9.95. The van der Waals surface area contributed by atoms with Crippen LogP contribution in [0, 0.1) is 10.1 Å². The highest BCUT2D eigenvalue weighted by atomic mass is 16.6. The van der Waals surface area contributed by atoms with Gasteiger partial charge in [-0.25, -0.2) is 9.97 Å². The molecule has 1 amide bonds. The van der Waals surface area contributed by atoms with Crippen molar-refractivity contribution in [1.29, 1.82) is 0 Å². The summed E-state index contributed by atoms with van der Waals surface area (Å²) in [6.07, 6.45) is 2.91. The van der Waals surface area contributed by atoms with Crippen LogP contribution in [0.5, 0.6) is 0 Å². The quantitative estimate of drug-likeness (QED) is 0.416. The van der Waals surface area contributed by atoms with E-state index in [0.29, 0.717) is 5.69 Å². The van der Waals surface area contributed by atoms with E-state index in [1.807, 2.05) is 0 Å². The maximum atomic E-state index is 12.1. The minimum absolute atomic E-state index is 0.0392. The van der Waals surface area contributed by atoms with Gasteiger partial charge in [-0.1, -0.05) is 6.07 Å². The molecule has 1 heterocycles. The fraction of sp³-hybridized carbons (Fsp3) is 0.0833. The summed E-state index contributed by atoms with van der Waals surface area (Å²) in [5, 5.41) is 13.5. The van der Waals surface area contributed by atoms with Gasteiger partial charge in [0, 0.05) is 12.3 Å². The number of amides is 1. The van der Waals surface area contributed by atoms with Gasteiger partial charge in [0.25, 0.3) is 11.6 Å². The number of rotatable bonds is 5. The van der Waals surface area contributed by atoms with Crippen molar-refractivity contribution in [3.63, 3.8) is 0 Å². The molecular weight excluding hydrogens is 276 g/mol. The molecule has 108 valence electrons. The number of nitrogens with one attached hydrogen (secondary N) is 2. The van der Waals surface area contributed by atoms with E-state index in [-0.39, 0.29) is 23.5 Å². The van der Waals surface area contributed by atoms with Gasteiger partial charge in [0.15, 0.2) is 0 Å². The molecular formula is C12H12N6O3. The Hall–Kier alpha value is -3.07. The molecule has 0 unspecified atom stereocenters. The first-order chi connectivity index (χ1) is 10.1. The molecule has 2 rings (SSSR count). The molecule has 0 aliphatic heterocycles. The van der Waals surface area contributed by atoms with Crippen LogP contribution in [-0.2, 0) is 6.54 Å². The Labute approximate surface area is 119 Å². The molecule has 1 aromatic heterocycles. The summed E-state index contributed by atoms with van der Waals surface area (Å²) in [6.45, 7) is 0.175. The van der Waals surface area contributed by atoms with Crippen LogP contribution in [0.25, 0.3) is 0 Å². The number of nitrogens with zero attached hydrogens (tertiary/aromatic N) is 3. The monoisotopic (exact) mass is 288 g/mol. The zero-order valence-corrected chi connectivity index (χ0v) is 10.8. The smallest absolute Gasteiger partial charge is 0.294 e. The van der Waals surface area contributed by atoms with E-state index in [1.165, 1.54) is 24.5 Å². The van der Waals surface area contributed by atoms with Crippen molar-refractivity contribution in [2.45, 2.75) is 6.54 Å². The molecule has 0 saturated carbocycles. The highest BCUT2D eigenvalue weighted by molar-refractivity contribution is 6.01. The van der Waals surface area contributed by atoms with Crippen molar-refractivity contribution in [2.24, 2.45) is 5.84 Å². The predicted octanol–water partition coefficient (Wildman–Crippen LogP) is 0.600. The number of carbonyl (C=O) groups excluding carboxylic acids is 1. The fourth-order valence-corrected chi connectivity index (χ4v) is 1.72. The van der Waals surface area contributed by atoms with Crippen molar-refractivity contribution in [1.82, 2.24) is 15.3 Å². The zero-order valence-electron chi connectivity index (χ0n) is 10.8.